The van der Waals surface area contributed by atoms with Crippen LogP contribution in [-0.4, -0.2) is 42.8 Å². The van der Waals surface area contributed by atoms with Crippen molar-refractivity contribution in [2.45, 2.75) is 33.1 Å². The number of hydrogen-bond donors (Lipinski definition) is 1. The molecule has 1 aromatic carbocycles. The molecular weight excluding hydrogens is 312 g/mol. The lowest BCUT2D eigenvalue weighted by atomic mass is 9.88. The standard InChI is InChI=1S/C21H28N2O2/c1-4-11-22-20(24)15-23-12-9-19(10-13-23)21(25)18-7-5-17(6-8-18)14-16(2)3/h1,5-8,16,19H,9-15H2,2-3H3,(H,22,24). The van der Waals surface area contributed by atoms with E-state index >= 15 is 0 Å². The first-order chi connectivity index (χ1) is 12.0. The van der Waals surface area contributed by atoms with Crippen LogP contribution in [0.2, 0.25) is 0 Å². The van der Waals surface area contributed by atoms with Crippen LogP contribution in [0, 0.1) is 24.2 Å². The molecule has 1 aliphatic rings. The molecule has 0 bridgehead atoms. The van der Waals surface area contributed by atoms with E-state index in [9.17, 15) is 9.59 Å². The van der Waals surface area contributed by atoms with Crippen molar-refractivity contribution >= 4 is 11.7 Å². The van der Waals surface area contributed by atoms with Crippen molar-refractivity contribution < 1.29 is 9.59 Å². The minimum atomic E-state index is -0.0523. The van der Waals surface area contributed by atoms with Crippen molar-refractivity contribution in [1.29, 1.82) is 0 Å². The first kappa shape index (κ1) is 19.2. The number of ketones is 1. The molecule has 1 aliphatic heterocycles. The van der Waals surface area contributed by atoms with Crippen LogP contribution in [0.4, 0.5) is 0 Å². The van der Waals surface area contributed by atoms with E-state index in [0.717, 1.165) is 37.9 Å². The number of nitrogens with one attached hydrogen (secondary N) is 1. The van der Waals surface area contributed by atoms with E-state index < -0.39 is 0 Å². The van der Waals surface area contributed by atoms with Gasteiger partial charge in [-0.15, -0.1) is 6.42 Å². The van der Waals surface area contributed by atoms with Crippen LogP contribution in [0.15, 0.2) is 24.3 Å². The average molecular weight is 340 g/mol. The summed E-state index contributed by atoms with van der Waals surface area (Å²) in [6.45, 7) is 6.54. The van der Waals surface area contributed by atoms with E-state index in [-0.39, 0.29) is 24.2 Å². The van der Waals surface area contributed by atoms with E-state index in [1.807, 2.05) is 12.1 Å². The smallest absolute Gasteiger partial charge is 0.234 e. The lowest BCUT2D eigenvalue weighted by molar-refractivity contribution is -0.122. The lowest BCUT2D eigenvalue weighted by Gasteiger charge is -2.30. The fraction of sp³-hybridized carbons (Fsp3) is 0.524. The molecule has 0 spiro atoms. The zero-order chi connectivity index (χ0) is 18.2. The predicted molar refractivity (Wildman–Crippen MR) is 100 cm³/mol. The molecule has 4 heteroatoms. The van der Waals surface area contributed by atoms with Gasteiger partial charge in [0, 0.05) is 11.5 Å². The van der Waals surface area contributed by atoms with Crippen molar-refractivity contribution in [3.05, 3.63) is 35.4 Å². The van der Waals surface area contributed by atoms with Gasteiger partial charge >= 0.3 is 0 Å². The molecule has 1 aromatic rings. The molecule has 0 saturated carbocycles. The summed E-state index contributed by atoms with van der Waals surface area (Å²) in [4.78, 5) is 26.5. The third-order valence-electron chi connectivity index (χ3n) is 4.60. The Balaban J connectivity index is 1.82. The molecular formula is C21H28N2O2. The predicted octanol–water partition coefficient (Wildman–Crippen LogP) is 2.53. The van der Waals surface area contributed by atoms with Crippen LogP contribution in [0.5, 0.6) is 0 Å². The number of terminal acetylenes is 1. The van der Waals surface area contributed by atoms with E-state index in [0.29, 0.717) is 12.5 Å². The number of benzene rings is 1. The van der Waals surface area contributed by atoms with Gasteiger partial charge in [-0.25, -0.2) is 0 Å². The molecule has 0 unspecified atom stereocenters. The van der Waals surface area contributed by atoms with Crippen LogP contribution >= 0.6 is 0 Å². The van der Waals surface area contributed by atoms with Crippen molar-refractivity contribution in [2.75, 3.05) is 26.2 Å². The number of carbonyl (C=O) groups excluding carboxylic acids is 2. The Labute approximate surface area is 151 Å². The molecule has 1 amide bonds. The summed E-state index contributed by atoms with van der Waals surface area (Å²) < 4.78 is 0. The molecule has 0 atom stereocenters. The van der Waals surface area contributed by atoms with Crippen molar-refractivity contribution in [3.8, 4) is 12.3 Å². The van der Waals surface area contributed by atoms with Gasteiger partial charge in [-0.05, 0) is 43.8 Å². The monoisotopic (exact) mass is 340 g/mol. The number of hydrogen-bond acceptors (Lipinski definition) is 3. The second-order valence-corrected chi connectivity index (χ2v) is 7.19. The van der Waals surface area contributed by atoms with E-state index in [1.54, 1.807) is 0 Å². The van der Waals surface area contributed by atoms with E-state index in [1.165, 1.54) is 5.56 Å². The highest BCUT2D eigenvalue weighted by Crippen LogP contribution is 2.22. The third kappa shape index (κ3) is 6.03. The van der Waals surface area contributed by atoms with Gasteiger partial charge in [0.25, 0.3) is 0 Å². The maximum Gasteiger partial charge on any atom is 0.234 e. The molecule has 0 aromatic heterocycles. The van der Waals surface area contributed by atoms with Crippen LogP contribution in [0.1, 0.15) is 42.6 Å². The van der Waals surface area contributed by atoms with Gasteiger partial charge in [0.2, 0.25) is 5.91 Å². The van der Waals surface area contributed by atoms with Gasteiger partial charge < -0.3 is 5.32 Å². The summed E-state index contributed by atoms with van der Waals surface area (Å²) in [5.74, 6) is 3.24. The minimum Gasteiger partial charge on any atom is -0.344 e. The Kier molecular flexibility index (Phi) is 7.21. The van der Waals surface area contributed by atoms with Gasteiger partial charge in [0.05, 0.1) is 13.1 Å². The third-order valence-corrected chi connectivity index (χ3v) is 4.60. The molecule has 1 N–H and O–H groups in total. The highest BCUT2D eigenvalue weighted by atomic mass is 16.2. The van der Waals surface area contributed by atoms with Crippen molar-refractivity contribution in [1.82, 2.24) is 10.2 Å². The van der Waals surface area contributed by atoms with E-state index in [4.69, 9.17) is 6.42 Å². The molecule has 1 fully saturated rings. The number of Topliss-reactive ketones (excluding diaryl/α,β-unsaturated/α-hetero) is 1. The summed E-state index contributed by atoms with van der Waals surface area (Å²) in [6, 6.07) is 8.05. The number of nitrogens with zero attached hydrogens (tertiary/aromatic N) is 1. The Morgan fingerprint density at radius 3 is 2.44 bits per heavy atom. The second-order valence-electron chi connectivity index (χ2n) is 7.19. The van der Waals surface area contributed by atoms with Crippen molar-refractivity contribution in [2.24, 2.45) is 11.8 Å². The quantitative estimate of drug-likeness (QED) is 0.613. The summed E-state index contributed by atoms with van der Waals surface area (Å²) >= 11 is 0. The lowest BCUT2D eigenvalue weighted by Crippen LogP contribution is -2.42. The molecule has 1 saturated heterocycles. The van der Waals surface area contributed by atoms with Gasteiger partial charge in [-0.1, -0.05) is 44.0 Å². The van der Waals surface area contributed by atoms with Gasteiger partial charge in [-0.3, -0.25) is 14.5 Å². The number of carbonyl (C=O) groups is 2. The Bertz CT molecular complexity index is 620. The summed E-state index contributed by atoms with van der Waals surface area (Å²) in [6.07, 6.45) is 7.77. The molecule has 134 valence electrons. The van der Waals surface area contributed by atoms with Crippen molar-refractivity contribution in [3.63, 3.8) is 0 Å². The largest absolute Gasteiger partial charge is 0.344 e. The van der Waals surface area contributed by atoms with E-state index in [2.05, 4.69) is 42.1 Å². The fourth-order valence-corrected chi connectivity index (χ4v) is 3.27. The Morgan fingerprint density at radius 2 is 1.88 bits per heavy atom. The molecule has 0 aliphatic carbocycles. The minimum absolute atomic E-state index is 0.0523. The second kappa shape index (κ2) is 9.39. The molecule has 25 heavy (non-hydrogen) atoms. The molecule has 0 radical (unpaired) electrons. The summed E-state index contributed by atoms with van der Waals surface area (Å²) in [7, 11) is 0. The number of likely N-dealkylation sites (tertiary alicyclic amines) is 1. The van der Waals surface area contributed by atoms with Gasteiger partial charge in [0.15, 0.2) is 5.78 Å². The first-order valence-electron chi connectivity index (χ1n) is 9.05. The molecule has 1 heterocycles. The zero-order valence-electron chi connectivity index (χ0n) is 15.3. The fourth-order valence-electron chi connectivity index (χ4n) is 3.27. The molecule has 2 rings (SSSR count). The highest BCUT2D eigenvalue weighted by Gasteiger charge is 2.26. The molecule has 4 nitrogen and oxygen atoms in total. The SMILES string of the molecule is C#CCNC(=O)CN1CCC(C(=O)c2ccc(CC(C)C)cc2)CC1. The van der Waals surface area contributed by atoms with Crippen LogP contribution in [0.3, 0.4) is 0 Å². The zero-order valence-corrected chi connectivity index (χ0v) is 15.3. The number of rotatable bonds is 7. The topological polar surface area (TPSA) is 49.4 Å². The van der Waals surface area contributed by atoms with Gasteiger partial charge in [0.1, 0.15) is 0 Å². The van der Waals surface area contributed by atoms with Gasteiger partial charge in [-0.2, -0.15) is 0 Å². The maximum absolute atomic E-state index is 12.7. The highest BCUT2D eigenvalue weighted by molar-refractivity contribution is 5.98. The van der Waals surface area contributed by atoms with Crippen LogP contribution in [0.25, 0.3) is 0 Å². The Hall–Kier alpha value is -2.12. The van der Waals surface area contributed by atoms with Crippen LogP contribution < -0.4 is 5.32 Å². The normalized spacial score (nSPS) is 15.8. The van der Waals surface area contributed by atoms with Crippen LogP contribution in [-0.2, 0) is 11.2 Å². The Morgan fingerprint density at radius 1 is 1.24 bits per heavy atom. The summed E-state index contributed by atoms with van der Waals surface area (Å²) in [5, 5.41) is 2.67. The summed E-state index contributed by atoms with van der Waals surface area (Å²) in [5.41, 5.74) is 2.08. The number of piperidine rings is 1. The number of amides is 1. The maximum atomic E-state index is 12.7. The average Bonchev–Trinajstić information content (AvgIpc) is 2.60. The first-order valence-corrected chi connectivity index (χ1v) is 9.05.